The standard InChI is InChI=1S/C9H10BrN/c1-7-3-4-11-6-9(7)5-8(2)10/h3-6H,1-2H3/b8-5+. The minimum absolute atomic E-state index is 1.12. The van der Waals surface area contributed by atoms with Crippen molar-refractivity contribution in [3.8, 4) is 0 Å². The van der Waals surface area contributed by atoms with Crippen molar-refractivity contribution in [2.24, 2.45) is 0 Å². The lowest BCUT2D eigenvalue weighted by Crippen LogP contribution is -1.81. The second-order valence-corrected chi connectivity index (χ2v) is 3.71. The molecule has 1 heterocycles. The molecule has 1 aromatic heterocycles. The Balaban J connectivity index is 3.04. The van der Waals surface area contributed by atoms with Crippen LogP contribution in [0, 0.1) is 6.92 Å². The van der Waals surface area contributed by atoms with E-state index in [2.05, 4.69) is 33.9 Å². The Labute approximate surface area is 75.3 Å². The summed E-state index contributed by atoms with van der Waals surface area (Å²) in [6.07, 6.45) is 5.72. The van der Waals surface area contributed by atoms with Crippen molar-refractivity contribution in [2.75, 3.05) is 0 Å². The van der Waals surface area contributed by atoms with Gasteiger partial charge in [0, 0.05) is 12.4 Å². The molecule has 0 unspecified atom stereocenters. The molecule has 1 aromatic rings. The second-order valence-electron chi connectivity index (χ2n) is 2.46. The van der Waals surface area contributed by atoms with E-state index >= 15 is 0 Å². The van der Waals surface area contributed by atoms with Crippen LogP contribution in [0.15, 0.2) is 22.9 Å². The molecule has 0 atom stereocenters. The van der Waals surface area contributed by atoms with E-state index in [1.165, 1.54) is 11.1 Å². The number of aryl methyl sites for hydroxylation is 1. The van der Waals surface area contributed by atoms with Crippen LogP contribution in [0.5, 0.6) is 0 Å². The van der Waals surface area contributed by atoms with E-state index < -0.39 is 0 Å². The molecule has 11 heavy (non-hydrogen) atoms. The molecule has 0 aliphatic rings. The molecule has 2 heteroatoms. The molecule has 0 radical (unpaired) electrons. The van der Waals surface area contributed by atoms with Gasteiger partial charge < -0.3 is 0 Å². The molecule has 0 fully saturated rings. The lowest BCUT2D eigenvalue weighted by atomic mass is 10.1. The molecule has 0 spiro atoms. The predicted molar refractivity (Wildman–Crippen MR) is 51.6 cm³/mol. The SMILES string of the molecule is C/C(Br)=C\c1cnccc1C. The zero-order chi connectivity index (χ0) is 8.27. The van der Waals surface area contributed by atoms with Crippen molar-refractivity contribution < 1.29 is 0 Å². The van der Waals surface area contributed by atoms with Gasteiger partial charge in [0.25, 0.3) is 0 Å². The summed E-state index contributed by atoms with van der Waals surface area (Å²) >= 11 is 3.38. The van der Waals surface area contributed by atoms with Crippen molar-refractivity contribution >= 4 is 22.0 Å². The van der Waals surface area contributed by atoms with Crippen LogP contribution in [0.1, 0.15) is 18.1 Å². The molecule has 0 aliphatic carbocycles. The third kappa shape index (κ3) is 2.46. The number of halogens is 1. The molecule has 0 aromatic carbocycles. The quantitative estimate of drug-likeness (QED) is 0.696. The van der Waals surface area contributed by atoms with Crippen LogP contribution >= 0.6 is 15.9 Å². The fraction of sp³-hybridized carbons (Fsp3) is 0.222. The van der Waals surface area contributed by atoms with Crippen LogP contribution in [-0.2, 0) is 0 Å². The maximum Gasteiger partial charge on any atom is 0.0343 e. The van der Waals surface area contributed by atoms with E-state index in [1.807, 2.05) is 19.2 Å². The van der Waals surface area contributed by atoms with Crippen LogP contribution in [0.4, 0.5) is 0 Å². The summed E-state index contributed by atoms with van der Waals surface area (Å²) in [6.45, 7) is 4.08. The summed E-state index contributed by atoms with van der Waals surface area (Å²) in [5, 5.41) is 0. The fourth-order valence-corrected chi connectivity index (χ4v) is 1.09. The normalized spacial score (nSPS) is 11.7. The molecular formula is C9H10BrN. The predicted octanol–water partition coefficient (Wildman–Crippen LogP) is 3.15. The van der Waals surface area contributed by atoms with E-state index in [4.69, 9.17) is 0 Å². The Kier molecular flexibility index (Phi) is 2.83. The maximum absolute atomic E-state index is 4.03. The molecule has 0 saturated carbocycles. The molecular weight excluding hydrogens is 202 g/mol. The summed E-state index contributed by atoms with van der Waals surface area (Å²) in [6, 6.07) is 2.00. The Morgan fingerprint density at radius 1 is 1.64 bits per heavy atom. The Morgan fingerprint density at radius 3 is 2.91 bits per heavy atom. The molecule has 58 valence electrons. The van der Waals surface area contributed by atoms with Crippen molar-refractivity contribution in [3.05, 3.63) is 34.1 Å². The first kappa shape index (κ1) is 8.47. The summed E-state index contributed by atoms with van der Waals surface area (Å²) < 4.78 is 1.12. The minimum atomic E-state index is 1.12. The van der Waals surface area contributed by atoms with E-state index in [0.29, 0.717) is 0 Å². The lowest BCUT2D eigenvalue weighted by Gasteiger charge is -1.97. The number of hydrogen-bond acceptors (Lipinski definition) is 1. The topological polar surface area (TPSA) is 12.9 Å². The van der Waals surface area contributed by atoms with Crippen LogP contribution in [0.25, 0.3) is 6.08 Å². The zero-order valence-corrected chi connectivity index (χ0v) is 8.22. The van der Waals surface area contributed by atoms with Gasteiger partial charge in [0.1, 0.15) is 0 Å². The highest BCUT2D eigenvalue weighted by Gasteiger charge is 1.92. The average molecular weight is 212 g/mol. The largest absolute Gasteiger partial charge is 0.264 e. The van der Waals surface area contributed by atoms with Gasteiger partial charge in [-0.15, -0.1) is 0 Å². The third-order valence-electron chi connectivity index (χ3n) is 1.43. The molecule has 0 amide bonds. The molecule has 0 N–H and O–H groups in total. The molecule has 1 rings (SSSR count). The van der Waals surface area contributed by atoms with E-state index in [0.717, 1.165) is 4.48 Å². The number of hydrogen-bond donors (Lipinski definition) is 0. The van der Waals surface area contributed by atoms with Crippen LogP contribution in [0.2, 0.25) is 0 Å². The molecule has 1 nitrogen and oxygen atoms in total. The summed E-state index contributed by atoms with van der Waals surface area (Å²) in [5.74, 6) is 0. The van der Waals surface area contributed by atoms with Crippen molar-refractivity contribution in [2.45, 2.75) is 13.8 Å². The average Bonchev–Trinajstić information content (AvgIpc) is 1.93. The fourth-order valence-electron chi connectivity index (χ4n) is 0.842. The number of pyridine rings is 1. The Morgan fingerprint density at radius 2 is 2.36 bits per heavy atom. The van der Waals surface area contributed by atoms with Gasteiger partial charge in [0.05, 0.1) is 0 Å². The highest BCUT2D eigenvalue weighted by atomic mass is 79.9. The number of rotatable bonds is 1. The minimum Gasteiger partial charge on any atom is -0.264 e. The summed E-state index contributed by atoms with van der Waals surface area (Å²) in [7, 11) is 0. The summed E-state index contributed by atoms with van der Waals surface area (Å²) in [5.41, 5.74) is 2.42. The first-order chi connectivity index (χ1) is 5.20. The second kappa shape index (κ2) is 3.67. The number of allylic oxidation sites excluding steroid dienone is 1. The van der Waals surface area contributed by atoms with Gasteiger partial charge in [-0.05, 0) is 41.6 Å². The first-order valence-corrected chi connectivity index (χ1v) is 4.24. The van der Waals surface area contributed by atoms with Gasteiger partial charge in [-0.25, -0.2) is 0 Å². The highest BCUT2D eigenvalue weighted by Crippen LogP contribution is 2.13. The van der Waals surface area contributed by atoms with Crippen LogP contribution in [0.3, 0.4) is 0 Å². The molecule has 0 bridgehead atoms. The van der Waals surface area contributed by atoms with Gasteiger partial charge >= 0.3 is 0 Å². The Hall–Kier alpha value is -0.630. The smallest absolute Gasteiger partial charge is 0.0343 e. The van der Waals surface area contributed by atoms with Crippen LogP contribution in [-0.4, -0.2) is 4.98 Å². The zero-order valence-electron chi connectivity index (χ0n) is 6.63. The van der Waals surface area contributed by atoms with Gasteiger partial charge in [0.2, 0.25) is 0 Å². The van der Waals surface area contributed by atoms with E-state index in [-0.39, 0.29) is 0 Å². The number of aromatic nitrogens is 1. The lowest BCUT2D eigenvalue weighted by molar-refractivity contribution is 1.27. The molecule has 0 saturated heterocycles. The van der Waals surface area contributed by atoms with Crippen molar-refractivity contribution in [1.29, 1.82) is 0 Å². The third-order valence-corrected chi connectivity index (χ3v) is 1.66. The van der Waals surface area contributed by atoms with Gasteiger partial charge in [-0.2, -0.15) is 0 Å². The van der Waals surface area contributed by atoms with Gasteiger partial charge in [-0.3, -0.25) is 4.98 Å². The van der Waals surface area contributed by atoms with Crippen molar-refractivity contribution in [1.82, 2.24) is 4.98 Å². The summed E-state index contributed by atoms with van der Waals surface area (Å²) in [4.78, 5) is 4.03. The van der Waals surface area contributed by atoms with E-state index in [9.17, 15) is 0 Å². The van der Waals surface area contributed by atoms with Gasteiger partial charge in [0.15, 0.2) is 0 Å². The van der Waals surface area contributed by atoms with E-state index in [1.54, 1.807) is 6.20 Å². The highest BCUT2D eigenvalue weighted by molar-refractivity contribution is 9.11. The van der Waals surface area contributed by atoms with Gasteiger partial charge in [-0.1, -0.05) is 15.9 Å². The number of nitrogens with zero attached hydrogens (tertiary/aromatic N) is 1. The van der Waals surface area contributed by atoms with Crippen LogP contribution < -0.4 is 0 Å². The Bertz CT molecular complexity index is 275. The maximum atomic E-state index is 4.03. The molecule has 0 aliphatic heterocycles. The van der Waals surface area contributed by atoms with Crippen molar-refractivity contribution in [3.63, 3.8) is 0 Å². The monoisotopic (exact) mass is 211 g/mol. The first-order valence-electron chi connectivity index (χ1n) is 3.44.